The first-order valence-corrected chi connectivity index (χ1v) is 11.0. The van der Waals surface area contributed by atoms with Crippen LogP contribution < -0.4 is 15.6 Å². The maximum atomic E-state index is 12.5. The monoisotopic (exact) mass is 450 g/mol. The van der Waals surface area contributed by atoms with Gasteiger partial charge in [-0.25, -0.2) is 28.1 Å². The molecular weight excluding hydrogens is 432 g/mol. The number of carbonyl (C=O) groups excluding carboxylic acids is 1. The second kappa shape index (κ2) is 8.94. The molecule has 0 unspecified atom stereocenters. The lowest BCUT2D eigenvalue weighted by Gasteiger charge is -2.09. The van der Waals surface area contributed by atoms with Crippen LogP contribution in [0.15, 0.2) is 83.0 Å². The molecule has 2 N–H and O–H groups in total. The van der Waals surface area contributed by atoms with Crippen molar-refractivity contribution in [1.29, 1.82) is 0 Å². The molecule has 0 atom stereocenters. The lowest BCUT2D eigenvalue weighted by Crippen LogP contribution is -2.23. The summed E-state index contributed by atoms with van der Waals surface area (Å²) in [7, 11) is -3.86. The van der Waals surface area contributed by atoms with Gasteiger partial charge >= 0.3 is 0 Å². The highest BCUT2D eigenvalue weighted by atomic mass is 32.2. The standard InChI is InChI=1S/C21H18N6O4S/c28-19(10-13-27-14-24-18-5-2-1-4-17(18)20(27)29)25-15-6-8-16(9-7-15)32(30,31)26-21-22-11-3-12-23-21/h1-9,11-12,14H,10,13H2,(H,25,28)(H,22,23,26). The summed E-state index contributed by atoms with van der Waals surface area (Å²) < 4.78 is 28.5. The van der Waals surface area contributed by atoms with Crippen molar-refractivity contribution < 1.29 is 13.2 Å². The molecule has 0 aliphatic rings. The SMILES string of the molecule is O=C(CCn1cnc2ccccc2c1=O)Nc1ccc(S(=O)(=O)Nc2ncccn2)cc1. The molecule has 0 spiro atoms. The van der Waals surface area contributed by atoms with Gasteiger partial charge in [-0.3, -0.25) is 14.2 Å². The van der Waals surface area contributed by atoms with Gasteiger partial charge in [0.25, 0.3) is 15.6 Å². The van der Waals surface area contributed by atoms with E-state index in [9.17, 15) is 18.0 Å². The van der Waals surface area contributed by atoms with Crippen molar-refractivity contribution in [3.05, 3.63) is 83.7 Å². The molecular formula is C21H18N6O4S. The van der Waals surface area contributed by atoms with Crippen molar-refractivity contribution >= 4 is 38.5 Å². The number of aryl methyl sites for hydroxylation is 1. The average molecular weight is 450 g/mol. The van der Waals surface area contributed by atoms with Gasteiger partial charge < -0.3 is 5.32 Å². The van der Waals surface area contributed by atoms with Crippen LogP contribution in [0.25, 0.3) is 10.9 Å². The molecule has 0 fully saturated rings. The highest BCUT2D eigenvalue weighted by molar-refractivity contribution is 7.92. The maximum Gasteiger partial charge on any atom is 0.264 e. The quantitative estimate of drug-likeness (QED) is 0.440. The summed E-state index contributed by atoms with van der Waals surface area (Å²) in [6.07, 6.45) is 4.31. The van der Waals surface area contributed by atoms with Gasteiger partial charge in [-0.1, -0.05) is 12.1 Å². The fourth-order valence-corrected chi connectivity index (χ4v) is 3.92. The van der Waals surface area contributed by atoms with E-state index in [4.69, 9.17) is 0 Å². The maximum absolute atomic E-state index is 12.5. The normalized spacial score (nSPS) is 11.2. The van der Waals surface area contributed by atoms with E-state index in [-0.39, 0.29) is 35.3 Å². The molecule has 32 heavy (non-hydrogen) atoms. The van der Waals surface area contributed by atoms with Crippen LogP contribution in [0, 0.1) is 0 Å². The molecule has 162 valence electrons. The van der Waals surface area contributed by atoms with Crippen molar-refractivity contribution in [3.63, 3.8) is 0 Å². The third-order valence-corrected chi connectivity index (χ3v) is 5.90. The number of sulfonamides is 1. The number of nitrogens with one attached hydrogen (secondary N) is 2. The van der Waals surface area contributed by atoms with Gasteiger partial charge in [0.05, 0.1) is 22.1 Å². The van der Waals surface area contributed by atoms with Crippen LogP contribution in [0.1, 0.15) is 6.42 Å². The van der Waals surface area contributed by atoms with E-state index in [0.29, 0.717) is 16.6 Å². The summed E-state index contributed by atoms with van der Waals surface area (Å²) in [6.45, 7) is 0.163. The van der Waals surface area contributed by atoms with Crippen molar-refractivity contribution in [1.82, 2.24) is 19.5 Å². The molecule has 2 aromatic heterocycles. The number of fused-ring (bicyclic) bond motifs is 1. The van der Waals surface area contributed by atoms with Crippen molar-refractivity contribution in [2.45, 2.75) is 17.9 Å². The number of para-hydroxylation sites is 1. The second-order valence-electron chi connectivity index (χ2n) is 6.76. The number of hydrogen-bond donors (Lipinski definition) is 2. The summed E-state index contributed by atoms with van der Waals surface area (Å²) in [4.78, 5) is 36.6. The van der Waals surface area contributed by atoms with Gasteiger partial charge in [0, 0.05) is 31.0 Å². The number of carbonyl (C=O) groups is 1. The molecule has 4 rings (SSSR count). The second-order valence-corrected chi connectivity index (χ2v) is 8.44. The predicted molar refractivity (Wildman–Crippen MR) is 119 cm³/mol. The van der Waals surface area contributed by atoms with E-state index in [0.717, 1.165) is 0 Å². The summed E-state index contributed by atoms with van der Waals surface area (Å²) >= 11 is 0. The van der Waals surface area contributed by atoms with E-state index >= 15 is 0 Å². The number of amides is 1. The van der Waals surface area contributed by atoms with Crippen molar-refractivity contribution in [3.8, 4) is 0 Å². The number of benzene rings is 2. The van der Waals surface area contributed by atoms with E-state index in [1.54, 1.807) is 30.3 Å². The molecule has 0 saturated carbocycles. The van der Waals surface area contributed by atoms with Gasteiger partial charge in [0.1, 0.15) is 0 Å². The molecule has 0 saturated heterocycles. The van der Waals surface area contributed by atoms with Crippen molar-refractivity contribution in [2.75, 3.05) is 10.0 Å². The number of anilines is 2. The Morgan fingerprint density at radius 3 is 2.41 bits per heavy atom. The largest absolute Gasteiger partial charge is 0.326 e. The van der Waals surface area contributed by atoms with Crippen LogP contribution in [0.5, 0.6) is 0 Å². The molecule has 4 aromatic rings. The van der Waals surface area contributed by atoms with Crippen LogP contribution in [0.3, 0.4) is 0 Å². The topological polar surface area (TPSA) is 136 Å². The minimum atomic E-state index is -3.86. The molecule has 0 bridgehead atoms. The van der Waals surface area contributed by atoms with Gasteiger partial charge in [0.2, 0.25) is 11.9 Å². The van der Waals surface area contributed by atoms with E-state index in [2.05, 4.69) is 25.0 Å². The van der Waals surface area contributed by atoms with Crippen LogP contribution in [0.4, 0.5) is 11.6 Å². The Labute approximate surface area is 183 Å². The summed E-state index contributed by atoms with van der Waals surface area (Å²) in [6, 6.07) is 14.2. The Morgan fingerprint density at radius 2 is 1.66 bits per heavy atom. The Bertz CT molecular complexity index is 1420. The van der Waals surface area contributed by atoms with E-state index in [1.807, 2.05) is 0 Å². The van der Waals surface area contributed by atoms with Gasteiger partial charge in [-0.15, -0.1) is 0 Å². The van der Waals surface area contributed by atoms with Crippen LogP contribution in [-0.4, -0.2) is 33.8 Å². The van der Waals surface area contributed by atoms with E-state index < -0.39 is 10.0 Å². The zero-order valence-electron chi connectivity index (χ0n) is 16.7. The van der Waals surface area contributed by atoms with Gasteiger partial charge in [-0.2, -0.15) is 0 Å². The first-order valence-electron chi connectivity index (χ1n) is 9.56. The molecule has 2 heterocycles. The molecule has 11 heteroatoms. The molecule has 10 nitrogen and oxygen atoms in total. The lowest BCUT2D eigenvalue weighted by molar-refractivity contribution is -0.116. The van der Waals surface area contributed by atoms with Gasteiger partial charge in [-0.05, 0) is 42.5 Å². The van der Waals surface area contributed by atoms with Crippen LogP contribution in [-0.2, 0) is 21.4 Å². The lowest BCUT2D eigenvalue weighted by atomic mass is 10.2. The van der Waals surface area contributed by atoms with Crippen LogP contribution in [0.2, 0.25) is 0 Å². The molecule has 0 aliphatic heterocycles. The number of rotatable bonds is 7. The predicted octanol–water partition coefficient (Wildman–Crippen LogP) is 2.02. The molecule has 2 aromatic carbocycles. The fraction of sp³-hybridized carbons (Fsp3) is 0.0952. The van der Waals surface area contributed by atoms with E-state index in [1.165, 1.54) is 47.6 Å². The highest BCUT2D eigenvalue weighted by Crippen LogP contribution is 2.16. The number of hydrogen-bond acceptors (Lipinski definition) is 7. The average Bonchev–Trinajstić information content (AvgIpc) is 2.79. The number of nitrogens with zero attached hydrogens (tertiary/aromatic N) is 4. The highest BCUT2D eigenvalue weighted by Gasteiger charge is 2.15. The first kappa shape index (κ1) is 21.1. The van der Waals surface area contributed by atoms with Gasteiger partial charge in [0.15, 0.2) is 0 Å². The first-order chi connectivity index (χ1) is 15.4. The third-order valence-electron chi connectivity index (χ3n) is 4.55. The molecule has 0 aliphatic carbocycles. The minimum Gasteiger partial charge on any atom is -0.326 e. The van der Waals surface area contributed by atoms with Crippen LogP contribution >= 0.6 is 0 Å². The molecule has 1 amide bonds. The Kier molecular flexibility index (Phi) is 5.90. The Morgan fingerprint density at radius 1 is 0.938 bits per heavy atom. The summed E-state index contributed by atoms with van der Waals surface area (Å²) in [5, 5.41) is 3.17. The summed E-state index contributed by atoms with van der Waals surface area (Å²) in [5.41, 5.74) is 0.809. The fourth-order valence-electron chi connectivity index (χ4n) is 2.96. The van der Waals surface area contributed by atoms with Crippen molar-refractivity contribution in [2.24, 2.45) is 0 Å². The third kappa shape index (κ3) is 4.78. The smallest absolute Gasteiger partial charge is 0.264 e. The Hall–Kier alpha value is -4.12. The zero-order chi connectivity index (χ0) is 22.6. The minimum absolute atomic E-state index is 0.00302. The summed E-state index contributed by atoms with van der Waals surface area (Å²) in [5.74, 6) is -0.361. The zero-order valence-corrected chi connectivity index (χ0v) is 17.5. The molecule has 0 radical (unpaired) electrons. The Balaban J connectivity index is 1.38. The number of aromatic nitrogens is 4.